The number of aryl methyl sites for hydroxylation is 2. The van der Waals surface area contributed by atoms with Gasteiger partial charge in [-0.25, -0.2) is 9.18 Å². The van der Waals surface area contributed by atoms with E-state index < -0.39 is 11.8 Å². The van der Waals surface area contributed by atoms with Gasteiger partial charge in [-0.05, 0) is 81.3 Å². The fourth-order valence-electron chi connectivity index (χ4n) is 8.14. The summed E-state index contributed by atoms with van der Waals surface area (Å²) in [6, 6.07) is 14.2. The van der Waals surface area contributed by atoms with Gasteiger partial charge in [0.25, 0.3) is 0 Å². The molecule has 0 amide bonds. The number of esters is 1. The quantitative estimate of drug-likeness (QED) is 0.0597. The van der Waals surface area contributed by atoms with Crippen LogP contribution in [0.5, 0.6) is 0 Å². The van der Waals surface area contributed by atoms with E-state index in [9.17, 15) is 4.79 Å². The zero-order valence-electron chi connectivity index (χ0n) is 34.9. The number of ether oxygens (including phenoxy) is 1. The Hall–Kier alpha value is -2.84. The molecule has 3 unspecified atom stereocenters. The molecule has 0 radical (unpaired) electrons. The number of unbranched alkanes of at least 4 members (excludes halogenated alkanes) is 2. The number of thiophene rings is 6. The van der Waals surface area contributed by atoms with Gasteiger partial charge in [-0.3, -0.25) is 0 Å². The van der Waals surface area contributed by atoms with Crippen LogP contribution < -0.4 is 0 Å². The third kappa shape index (κ3) is 8.81. The van der Waals surface area contributed by atoms with Crippen molar-refractivity contribution in [2.24, 2.45) is 17.8 Å². The van der Waals surface area contributed by atoms with E-state index in [1.807, 2.05) is 47.9 Å². The molecule has 58 heavy (non-hydrogen) atoms. The highest BCUT2D eigenvalue weighted by atomic mass is 32.1. The van der Waals surface area contributed by atoms with Crippen LogP contribution in [-0.2, 0) is 17.6 Å². The molecule has 0 aliphatic heterocycles. The number of benzene rings is 1. The summed E-state index contributed by atoms with van der Waals surface area (Å²) in [5.74, 6) is 2.76. The standard InChI is InChI=1S/C49H55FO2S6/c1-9-15-17-31(13-5)24-33-19-21-37(55-33)40-35-23-28(7)53-45(35)41(38-22-20-34(56-38)25-32(14-6)18-16-10-2)36-26-39(57-46(36)40)47-42-43(50)48(58-44(42)29(8)54-47)49(51)52-27-30(11-3)12-4/h3,19-23,26,30-32H,9-10,12-18,24-25,27H2,1-2,4-8H3. The fraction of sp³-hybridized carbons (Fsp3) is 0.449. The van der Waals surface area contributed by atoms with Crippen LogP contribution in [-0.4, -0.2) is 12.6 Å². The molecule has 1 aromatic carbocycles. The summed E-state index contributed by atoms with van der Waals surface area (Å²) < 4.78 is 25.6. The lowest BCUT2D eigenvalue weighted by Gasteiger charge is -2.13. The van der Waals surface area contributed by atoms with Crippen molar-refractivity contribution >= 4 is 104 Å². The van der Waals surface area contributed by atoms with E-state index in [0.29, 0.717) is 23.6 Å². The molecular weight excluding hydrogens is 832 g/mol. The maximum atomic E-state index is 16.6. The predicted octanol–water partition coefficient (Wildman–Crippen LogP) is 17.6. The van der Waals surface area contributed by atoms with E-state index >= 15 is 4.39 Å². The molecule has 0 fully saturated rings. The molecule has 0 saturated heterocycles. The van der Waals surface area contributed by atoms with Gasteiger partial charge in [-0.1, -0.05) is 91.9 Å². The van der Waals surface area contributed by atoms with Crippen molar-refractivity contribution < 1.29 is 13.9 Å². The number of hydrogen-bond acceptors (Lipinski definition) is 8. The first-order valence-corrected chi connectivity index (χ1v) is 26.0. The normalized spacial score (nSPS) is 13.5. The Kier molecular flexibility index (Phi) is 14.4. The molecule has 2 nitrogen and oxygen atoms in total. The predicted molar refractivity (Wildman–Crippen MR) is 259 cm³/mol. The van der Waals surface area contributed by atoms with Gasteiger partial charge in [0.05, 0.1) is 15.5 Å². The number of carbonyl (C=O) groups excluding carboxylic acids is 1. The summed E-state index contributed by atoms with van der Waals surface area (Å²) >= 11 is 10.4. The van der Waals surface area contributed by atoms with Crippen molar-refractivity contribution in [3.05, 3.63) is 66.6 Å². The second-order valence-corrected chi connectivity index (χ2v) is 22.7. The molecule has 3 atom stereocenters. The zero-order valence-corrected chi connectivity index (χ0v) is 39.8. The van der Waals surface area contributed by atoms with Crippen molar-refractivity contribution in [3.63, 3.8) is 0 Å². The number of fused-ring (bicyclic) bond motifs is 3. The monoisotopic (exact) mass is 886 g/mol. The van der Waals surface area contributed by atoms with Crippen molar-refractivity contribution in [2.45, 2.75) is 119 Å². The second kappa shape index (κ2) is 19.3. The smallest absolute Gasteiger partial charge is 0.351 e. The van der Waals surface area contributed by atoms with Gasteiger partial charge in [-0.2, -0.15) is 0 Å². The maximum Gasteiger partial charge on any atom is 0.351 e. The first-order chi connectivity index (χ1) is 28.1. The van der Waals surface area contributed by atoms with Crippen LogP contribution in [0, 0.1) is 49.8 Å². The average molecular weight is 887 g/mol. The number of halogens is 1. The van der Waals surface area contributed by atoms with E-state index in [2.05, 4.69) is 76.9 Å². The van der Waals surface area contributed by atoms with E-state index in [1.54, 1.807) is 22.7 Å². The first kappa shape index (κ1) is 43.3. The molecule has 0 aliphatic rings. The lowest BCUT2D eigenvalue weighted by molar-refractivity contribution is 0.0468. The number of terminal acetylenes is 1. The third-order valence-corrected chi connectivity index (χ3v) is 18.8. The van der Waals surface area contributed by atoms with Gasteiger partial charge < -0.3 is 4.74 Å². The molecule has 7 aromatic rings. The van der Waals surface area contributed by atoms with Gasteiger partial charge in [0.1, 0.15) is 11.5 Å². The van der Waals surface area contributed by atoms with Crippen LogP contribution in [0.25, 0.3) is 60.9 Å². The Labute approximate surface area is 368 Å². The summed E-state index contributed by atoms with van der Waals surface area (Å²) in [4.78, 5) is 23.0. The van der Waals surface area contributed by atoms with Gasteiger partial charge in [0, 0.05) is 70.8 Å². The zero-order chi connectivity index (χ0) is 41.1. The highest BCUT2D eigenvalue weighted by Crippen LogP contribution is 2.55. The molecule has 7 rings (SSSR count). The molecule has 0 N–H and O–H groups in total. The van der Waals surface area contributed by atoms with Crippen molar-refractivity contribution in [3.8, 4) is 43.0 Å². The van der Waals surface area contributed by atoms with E-state index in [1.165, 1.54) is 118 Å². The topological polar surface area (TPSA) is 26.3 Å². The highest BCUT2D eigenvalue weighted by molar-refractivity contribution is 7.31. The van der Waals surface area contributed by atoms with Crippen molar-refractivity contribution in [1.29, 1.82) is 0 Å². The highest BCUT2D eigenvalue weighted by Gasteiger charge is 2.29. The Bertz CT molecular complexity index is 2450. The van der Waals surface area contributed by atoms with Crippen LogP contribution in [0.2, 0.25) is 0 Å². The van der Waals surface area contributed by atoms with Gasteiger partial charge in [-0.15, -0.1) is 74.4 Å². The number of hydrogen-bond donors (Lipinski definition) is 0. The minimum Gasteiger partial charge on any atom is -0.460 e. The Balaban J connectivity index is 1.40. The molecule has 6 aromatic heterocycles. The molecule has 0 aliphatic carbocycles. The molecule has 0 saturated carbocycles. The summed E-state index contributed by atoms with van der Waals surface area (Å²) in [6.45, 7) is 15.5. The minimum absolute atomic E-state index is 0.0263. The Morgan fingerprint density at radius 3 is 1.86 bits per heavy atom. The van der Waals surface area contributed by atoms with Crippen LogP contribution >= 0.6 is 68.0 Å². The van der Waals surface area contributed by atoms with Gasteiger partial charge in [0.15, 0.2) is 5.82 Å². The Morgan fingerprint density at radius 2 is 1.31 bits per heavy atom. The van der Waals surface area contributed by atoms with Crippen LogP contribution in [0.1, 0.15) is 122 Å². The summed E-state index contributed by atoms with van der Waals surface area (Å²) in [5, 5.41) is 3.07. The molecule has 0 bridgehead atoms. The third-order valence-electron chi connectivity index (χ3n) is 11.7. The minimum atomic E-state index is -0.638. The van der Waals surface area contributed by atoms with Crippen LogP contribution in [0.15, 0.2) is 36.4 Å². The van der Waals surface area contributed by atoms with E-state index in [4.69, 9.17) is 11.2 Å². The summed E-state index contributed by atoms with van der Waals surface area (Å²) in [7, 11) is 0. The maximum absolute atomic E-state index is 16.6. The van der Waals surface area contributed by atoms with Gasteiger partial charge >= 0.3 is 5.97 Å². The van der Waals surface area contributed by atoms with E-state index in [-0.39, 0.29) is 17.4 Å². The first-order valence-electron chi connectivity index (χ1n) is 21.1. The summed E-state index contributed by atoms with van der Waals surface area (Å²) in [5.41, 5.74) is 2.60. The SMILES string of the molecule is C#CC(CC)COC(=O)c1sc2c(C)sc(-c3cc4c(-c5ccc(CC(CC)CCCC)s5)c5sc(C)cc5c(-c5ccc(CC(CC)CCCC)s5)c4s3)c2c1F. The molecular formula is C49H55FO2S6. The molecule has 306 valence electrons. The fourth-order valence-corrected chi connectivity index (χ4v) is 15.4. The van der Waals surface area contributed by atoms with Crippen molar-refractivity contribution in [1.82, 2.24) is 0 Å². The second-order valence-electron chi connectivity index (χ2n) is 15.8. The molecule has 0 spiro atoms. The lowest BCUT2D eigenvalue weighted by Crippen LogP contribution is -2.12. The van der Waals surface area contributed by atoms with Crippen molar-refractivity contribution in [2.75, 3.05) is 6.61 Å². The molecule has 9 heteroatoms. The van der Waals surface area contributed by atoms with E-state index in [0.717, 1.165) is 32.2 Å². The average Bonchev–Trinajstić information content (AvgIpc) is 4.09. The summed E-state index contributed by atoms with van der Waals surface area (Å²) in [6.07, 6.45) is 18.5. The number of carbonyl (C=O) groups is 1. The molecule has 6 heterocycles. The lowest BCUT2D eigenvalue weighted by atomic mass is 9.95. The number of rotatable bonds is 19. The Morgan fingerprint density at radius 1 is 0.724 bits per heavy atom. The largest absolute Gasteiger partial charge is 0.460 e. The van der Waals surface area contributed by atoms with Gasteiger partial charge in [0.2, 0.25) is 0 Å². The van der Waals surface area contributed by atoms with Crippen LogP contribution in [0.3, 0.4) is 0 Å². The van der Waals surface area contributed by atoms with Crippen LogP contribution in [0.4, 0.5) is 4.39 Å².